The number of hydrogen-bond acceptors (Lipinski definition) is 3. The molecule has 0 saturated heterocycles. The van der Waals surface area contributed by atoms with E-state index in [9.17, 15) is 4.79 Å². The number of nitrogens with zero attached hydrogens (tertiary/aromatic N) is 3. The van der Waals surface area contributed by atoms with E-state index in [0.717, 1.165) is 11.3 Å². The van der Waals surface area contributed by atoms with E-state index >= 15 is 0 Å². The Morgan fingerprint density at radius 1 is 1.22 bits per heavy atom. The van der Waals surface area contributed by atoms with Crippen molar-refractivity contribution < 1.29 is 9.53 Å². The fourth-order valence-corrected chi connectivity index (χ4v) is 3.17. The second-order valence-corrected chi connectivity index (χ2v) is 6.95. The summed E-state index contributed by atoms with van der Waals surface area (Å²) < 4.78 is 8.13. The Balaban J connectivity index is 1.86. The summed E-state index contributed by atoms with van der Waals surface area (Å²) in [6.45, 7) is 2.06. The molecular formula is C20H19Cl2N3O2. The number of benzene rings is 2. The van der Waals surface area contributed by atoms with Crippen LogP contribution in [-0.4, -0.2) is 22.5 Å². The molecule has 0 radical (unpaired) electrons. The van der Waals surface area contributed by atoms with Crippen LogP contribution in [0.4, 0.5) is 5.69 Å². The topological polar surface area (TPSA) is 47.4 Å². The minimum atomic E-state index is -0.333. The molecule has 7 heteroatoms. The molecule has 0 bridgehead atoms. The quantitative estimate of drug-likeness (QED) is 0.582. The first-order valence-corrected chi connectivity index (χ1v) is 9.11. The highest BCUT2D eigenvalue weighted by Crippen LogP contribution is 2.31. The van der Waals surface area contributed by atoms with Crippen molar-refractivity contribution in [2.45, 2.75) is 19.6 Å². The average Bonchev–Trinajstić information content (AvgIpc) is 3.14. The zero-order valence-electron chi connectivity index (χ0n) is 15.0. The van der Waals surface area contributed by atoms with Gasteiger partial charge in [0.05, 0.1) is 12.9 Å². The highest BCUT2D eigenvalue weighted by atomic mass is 35.5. The zero-order valence-corrected chi connectivity index (χ0v) is 16.5. The number of aromatic nitrogens is 2. The molecule has 3 aromatic rings. The second kappa shape index (κ2) is 8.46. The summed E-state index contributed by atoms with van der Waals surface area (Å²) in [7, 11) is 1.73. The number of rotatable bonds is 6. The molecule has 27 heavy (non-hydrogen) atoms. The number of carbonyl (C=O) groups excluding carboxylic acids is 1. The first-order chi connectivity index (χ1) is 12.9. The summed E-state index contributed by atoms with van der Waals surface area (Å²) in [6, 6.07) is 12.7. The van der Waals surface area contributed by atoms with Gasteiger partial charge in [0.2, 0.25) is 5.91 Å². The molecule has 1 amide bonds. The van der Waals surface area contributed by atoms with Gasteiger partial charge in [-0.25, -0.2) is 4.98 Å². The Morgan fingerprint density at radius 3 is 2.56 bits per heavy atom. The predicted molar refractivity (Wildman–Crippen MR) is 108 cm³/mol. The normalized spacial score (nSPS) is 11.9. The number of hydrogen-bond donors (Lipinski definition) is 0. The summed E-state index contributed by atoms with van der Waals surface area (Å²) in [5.74, 6) is 0.640. The van der Waals surface area contributed by atoms with Crippen LogP contribution in [0.1, 0.15) is 18.6 Å². The fourth-order valence-electron chi connectivity index (χ4n) is 2.64. The van der Waals surface area contributed by atoms with Gasteiger partial charge in [-0.1, -0.05) is 29.3 Å². The van der Waals surface area contributed by atoms with Crippen LogP contribution in [0.2, 0.25) is 10.0 Å². The Morgan fingerprint density at radius 2 is 1.96 bits per heavy atom. The smallest absolute Gasteiger partial charge is 0.223 e. The van der Waals surface area contributed by atoms with Crippen LogP contribution in [-0.2, 0) is 11.3 Å². The van der Waals surface area contributed by atoms with Gasteiger partial charge in [0.1, 0.15) is 11.9 Å². The van der Waals surface area contributed by atoms with E-state index in [1.807, 2.05) is 41.1 Å². The monoisotopic (exact) mass is 403 g/mol. The highest BCUT2D eigenvalue weighted by molar-refractivity contribution is 6.35. The number of imidazole rings is 1. The molecular weight excluding hydrogens is 385 g/mol. The van der Waals surface area contributed by atoms with Gasteiger partial charge in [-0.3, -0.25) is 4.79 Å². The minimum Gasteiger partial charge on any atom is -0.484 e. The van der Waals surface area contributed by atoms with E-state index in [1.54, 1.807) is 36.6 Å². The van der Waals surface area contributed by atoms with Crippen LogP contribution >= 0.6 is 23.2 Å². The maximum Gasteiger partial charge on any atom is 0.223 e. The molecule has 1 atom stereocenters. The minimum absolute atomic E-state index is 0.0328. The van der Waals surface area contributed by atoms with Crippen molar-refractivity contribution in [2.75, 3.05) is 11.9 Å². The average molecular weight is 404 g/mol. The van der Waals surface area contributed by atoms with Crippen molar-refractivity contribution in [3.63, 3.8) is 0 Å². The van der Waals surface area contributed by atoms with Crippen LogP contribution in [0.15, 0.2) is 61.2 Å². The van der Waals surface area contributed by atoms with Crippen molar-refractivity contribution in [3.8, 4) is 5.75 Å². The lowest BCUT2D eigenvalue weighted by molar-refractivity contribution is -0.116. The van der Waals surface area contributed by atoms with Crippen molar-refractivity contribution in [2.24, 2.45) is 0 Å². The van der Waals surface area contributed by atoms with Gasteiger partial charge >= 0.3 is 0 Å². The predicted octanol–water partition coefficient (Wildman–Crippen LogP) is 4.99. The summed E-state index contributed by atoms with van der Waals surface area (Å²) in [6.07, 6.45) is 4.98. The van der Waals surface area contributed by atoms with E-state index in [0.29, 0.717) is 22.3 Å². The van der Waals surface area contributed by atoms with Crippen molar-refractivity contribution in [3.05, 3.63) is 76.8 Å². The van der Waals surface area contributed by atoms with Gasteiger partial charge in [-0.05, 0) is 36.4 Å². The van der Waals surface area contributed by atoms with E-state index in [2.05, 4.69) is 4.98 Å². The molecule has 0 spiro atoms. The second-order valence-electron chi connectivity index (χ2n) is 6.10. The molecule has 1 aromatic heterocycles. The van der Waals surface area contributed by atoms with Crippen molar-refractivity contribution in [1.82, 2.24) is 9.55 Å². The first-order valence-electron chi connectivity index (χ1n) is 8.36. The number of amides is 1. The number of anilines is 1. The molecule has 0 fully saturated rings. The van der Waals surface area contributed by atoms with E-state index in [1.165, 1.54) is 6.92 Å². The Hall–Kier alpha value is -2.50. The molecule has 3 rings (SSSR count). The number of carbonyl (C=O) groups is 1. The van der Waals surface area contributed by atoms with E-state index < -0.39 is 0 Å². The van der Waals surface area contributed by atoms with Crippen LogP contribution in [0.3, 0.4) is 0 Å². The van der Waals surface area contributed by atoms with Crippen LogP contribution in [0, 0.1) is 0 Å². The van der Waals surface area contributed by atoms with Gasteiger partial charge in [0.15, 0.2) is 0 Å². The fraction of sp³-hybridized carbons (Fsp3) is 0.200. The van der Waals surface area contributed by atoms with Crippen molar-refractivity contribution in [1.29, 1.82) is 0 Å². The third kappa shape index (κ3) is 4.81. The van der Waals surface area contributed by atoms with Crippen molar-refractivity contribution >= 4 is 34.8 Å². The van der Waals surface area contributed by atoms with Gasteiger partial charge in [0.25, 0.3) is 0 Å². The Labute approximate surface area is 168 Å². The van der Waals surface area contributed by atoms with Crippen LogP contribution < -0.4 is 9.64 Å². The summed E-state index contributed by atoms with van der Waals surface area (Å²) >= 11 is 12.4. The highest BCUT2D eigenvalue weighted by Gasteiger charge is 2.18. The maximum absolute atomic E-state index is 11.5. The maximum atomic E-state index is 11.5. The van der Waals surface area contributed by atoms with E-state index in [-0.39, 0.29) is 12.0 Å². The van der Waals surface area contributed by atoms with Crippen LogP contribution in [0.5, 0.6) is 5.75 Å². The number of halogens is 2. The molecule has 1 unspecified atom stereocenters. The SMILES string of the molecule is CC(=O)N(C)c1ccc(OC(Cn2ccnc2)c2ccc(Cl)cc2Cl)cc1. The molecule has 5 nitrogen and oxygen atoms in total. The van der Waals surface area contributed by atoms with Gasteiger partial charge in [-0.2, -0.15) is 0 Å². The molecule has 140 valence electrons. The molecule has 0 saturated carbocycles. The standard InChI is InChI=1S/C20H19Cl2N3O2/c1-14(26)24(2)16-4-6-17(7-5-16)27-20(12-25-10-9-23-13-25)18-8-3-15(21)11-19(18)22/h3-11,13,20H,12H2,1-2H3. The third-order valence-corrected chi connectivity index (χ3v) is 4.78. The summed E-state index contributed by atoms with van der Waals surface area (Å²) in [5.41, 5.74) is 1.63. The molecule has 0 aliphatic rings. The molecule has 0 aliphatic heterocycles. The summed E-state index contributed by atoms with van der Waals surface area (Å²) in [5, 5.41) is 1.11. The largest absolute Gasteiger partial charge is 0.484 e. The molecule has 1 heterocycles. The molecule has 0 aliphatic carbocycles. The molecule has 0 N–H and O–H groups in total. The van der Waals surface area contributed by atoms with Gasteiger partial charge in [-0.15, -0.1) is 0 Å². The lowest BCUT2D eigenvalue weighted by Gasteiger charge is -2.22. The summed E-state index contributed by atoms with van der Waals surface area (Å²) in [4.78, 5) is 17.1. The Bertz CT molecular complexity index is 911. The molecule has 2 aromatic carbocycles. The lowest BCUT2D eigenvalue weighted by atomic mass is 10.1. The lowest BCUT2D eigenvalue weighted by Crippen LogP contribution is -2.22. The first kappa shape index (κ1) is 19.3. The third-order valence-electron chi connectivity index (χ3n) is 4.22. The Kier molecular flexibility index (Phi) is 6.04. The van der Waals surface area contributed by atoms with Crippen LogP contribution in [0.25, 0.3) is 0 Å². The van der Waals surface area contributed by atoms with Gasteiger partial charge < -0.3 is 14.2 Å². The van der Waals surface area contributed by atoms with Gasteiger partial charge in [0, 0.05) is 47.7 Å². The number of ether oxygens (including phenoxy) is 1. The van der Waals surface area contributed by atoms with E-state index in [4.69, 9.17) is 27.9 Å². The zero-order chi connectivity index (χ0) is 19.4.